The van der Waals surface area contributed by atoms with Gasteiger partial charge in [0.05, 0.1) is 10.6 Å². The largest absolute Gasteiger partial charge is 0.319 e. The lowest BCUT2D eigenvalue weighted by Gasteiger charge is -2.06. The Balaban J connectivity index is 1.73. The second-order valence-electron chi connectivity index (χ2n) is 6.77. The molecule has 1 N–H and O–H groups in total. The van der Waals surface area contributed by atoms with Crippen molar-refractivity contribution in [2.75, 3.05) is 5.32 Å². The molecule has 1 aromatic heterocycles. The third-order valence-corrected chi connectivity index (χ3v) is 4.51. The maximum absolute atomic E-state index is 13.4. The molecule has 1 amide bonds. The zero-order valence-electron chi connectivity index (χ0n) is 16.3. The van der Waals surface area contributed by atoms with E-state index in [1.807, 2.05) is 31.2 Å². The number of carbonyl (C=O) groups is 1. The van der Waals surface area contributed by atoms with Gasteiger partial charge in [-0.3, -0.25) is 14.9 Å². The minimum Gasteiger partial charge on any atom is -0.319 e. The van der Waals surface area contributed by atoms with E-state index >= 15 is 0 Å². The van der Waals surface area contributed by atoms with Crippen LogP contribution in [-0.2, 0) is 0 Å². The predicted octanol–water partition coefficient (Wildman–Crippen LogP) is 4.54. The predicted molar refractivity (Wildman–Crippen MR) is 113 cm³/mol. The number of carbonyl (C=O) groups excluding carboxylic acids is 1. The van der Waals surface area contributed by atoms with Crippen LogP contribution in [0.25, 0.3) is 17.1 Å². The molecule has 0 aliphatic heterocycles. The number of benzene rings is 3. The molecule has 4 rings (SSSR count). The van der Waals surface area contributed by atoms with E-state index in [1.54, 1.807) is 12.1 Å². The Hall–Kier alpha value is -4.40. The zero-order valence-corrected chi connectivity index (χ0v) is 16.3. The lowest BCUT2D eigenvalue weighted by Crippen LogP contribution is -2.14. The summed E-state index contributed by atoms with van der Waals surface area (Å²) in [5.41, 5.74) is 2.39. The Kier molecular flexibility index (Phi) is 5.23. The summed E-state index contributed by atoms with van der Waals surface area (Å²) >= 11 is 0. The van der Waals surface area contributed by atoms with Crippen molar-refractivity contribution in [1.29, 1.82) is 0 Å². The molecule has 4 aromatic rings. The molecule has 0 radical (unpaired) electrons. The van der Waals surface area contributed by atoms with E-state index < -0.39 is 16.6 Å². The maximum Gasteiger partial charge on any atom is 0.295 e. The highest BCUT2D eigenvalue weighted by atomic mass is 19.1. The van der Waals surface area contributed by atoms with Crippen LogP contribution in [0.2, 0.25) is 0 Å². The van der Waals surface area contributed by atoms with Gasteiger partial charge in [0.15, 0.2) is 5.82 Å². The first-order valence-corrected chi connectivity index (χ1v) is 9.26. The highest BCUT2D eigenvalue weighted by molar-refractivity contribution is 6.02. The van der Waals surface area contributed by atoms with Crippen molar-refractivity contribution in [3.8, 4) is 17.1 Å². The number of hydrogen-bond donors (Lipinski definition) is 1. The van der Waals surface area contributed by atoms with Gasteiger partial charge in [-0.2, -0.15) is 0 Å². The van der Waals surface area contributed by atoms with Crippen molar-refractivity contribution in [2.24, 2.45) is 0 Å². The Morgan fingerprint density at radius 1 is 1.06 bits per heavy atom. The number of non-ortho nitro benzene ring substituents is 1. The molecule has 0 atom stereocenters. The van der Waals surface area contributed by atoms with Crippen LogP contribution in [0, 0.1) is 22.9 Å². The first-order chi connectivity index (χ1) is 14.9. The summed E-state index contributed by atoms with van der Waals surface area (Å²) in [6.07, 6.45) is 0. The summed E-state index contributed by atoms with van der Waals surface area (Å²) in [6, 6.07) is 18.7. The van der Waals surface area contributed by atoms with Crippen LogP contribution in [0.5, 0.6) is 0 Å². The van der Waals surface area contributed by atoms with Gasteiger partial charge in [-0.1, -0.05) is 23.8 Å². The van der Waals surface area contributed by atoms with Crippen LogP contribution < -0.4 is 5.32 Å². The molecule has 31 heavy (non-hydrogen) atoms. The van der Waals surface area contributed by atoms with Crippen molar-refractivity contribution in [2.45, 2.75) is 6.92 Å². The molecule has 3 aromatic carbocycles. The Morgan fingerprint density at radius 3 is 2.45 bits per heavy atom. The second-order valence-corrected chi connectivity index (χ2v) is 6.77. The first-order valence-electron chi connectivity index (χ1n) is 9.26. The van der Waals surface area contributed by atoms with Crippen molar-refractivity contribution in [3.05, 3.63) is 100 Å². The van der Waals surface area contributed by atoms with E-state index in [9.17, 15) is 19.3 Å². The van der Waals surface area contributed by atoms with Crippen LogP contribution in [0.3, 0.4) is 0 Å². The van der Waals surface area contributed by atoms with E-state index in [2.05, 4.69) is 15.4 Å². The van der Waals surface area contributed by atoms with Crippen LogP contribution in [0.15, 0.2) is 72.8 Å². The second kappa shape index (κ2) is 8.15. The van der Waals surface area contributed by atoms with Crippen LogP contribution in [0.4, 0.5) is 15.8 Å². The molecule has 154 valence electrons. The van der Waals surface area contributed by atoms with Crippen LogP contribution in [-0.4, -0.2) is 25.6 Å². The lowest BCUT2D eigenvalue weighted by molar-refractivity contribution is -0.384. The van der Waals surface area contributed by atoms with Gasteiger partial charge in [-0.15, -0.1) is 5.10 Å². The number of aryl methyl sites for hydroxylation is 1. The summed E-state index contributed by atoms with van der Waals surface area (Å²) in [4.78, 5) is 27.5. The number of halogens is 1. The van der Waals surface area contributed by atoms with E-state index in [1.165, 1.54) is 41.1 Å². The number of nitrogens with zero attached hydrogens (tertiary/aromatic N) is 4. The summed E-state index contributed by atoms with van der Waals surface area (Å²) in [5.74, 6) is -0.803. The number of nitro groups is 1. The van der Waals surface area contributed by atoms with Gasteiger partial charge in [0.2, 0.25) is 5.82 Å². The SMILES string of the molecule is Cc1ccc(-n2nc(C(=O)Nc3cccc([N+](=O)[O-])c3)nc2-c2ccc(F)cc2)cc1. The van der Waals surface area contributed by atoms with Crippen LogP contribution >= 0.6 is 0 Å². The molecule has 0 saturated heterocycles. The highest BCUT2D eigenvalue weighted by Gasteiger charge is 2.19. The molecule has 8 nitrogen and oxygen atoms in total. The molecule has 0 fully saturated rings. The number of nitro benzene ring substituents is 1. The van der Waals surface area contributed by atoms with Gasteiger partial charge in [-0.05, 0) is 49.4 Å². The lowest BCUT2D eigenvalue weighted by atomic mass is 10.2. The molecule has 0 saturated carbocycles. The first kappa shape index (κ1) is 19.9. The molecule has 0 aliphatic rings. The van der Waals surface area contributed by atoms with Gasteiger partial charge >= 0.3 is 0 Å². The standard InChI is InChI=1S/C22H16FN5O3/c1-14-5-11-18(12-6-14)27-21(15-7-9-16(23)10-8-15)25-20(26-27)22(29)24-17-3-2-4-19(13-17)28(30)31/h2-13H,1H3,(H,24,29). The Labute approximate surface area is 176 Å². The number of aromatic nitrogens is 3. The molecule has 9 heteroatoms. The Morgan fingerprint density at radius 2 is 1.77 bits per heavy atom. The van der Waals surface area contributed by atoms with Crippen molar-refractivity contribution >= 4 is 17.3 Å². The number of nitrogens with one attached hydrogen (secondary N) is 1. The monoisotopic (exact) mass is 417 g/mol. The minimum absolute atomic E-state index is 0.133. The molecule has 0 spiro atoms. The highest BCUT2D eigenvalue weighted by Crippen LogP contribution is 2.23. The van der Waals surface area contributed by atoms with E-state index in [-0.39, 0.29) is 17.2 Å². The molecular weight excluding hydrogens is 401 g/mol. The summed E-state index contributed by atoms with van der Waals surface area (Å²) < 4.78 is 14.9. The third kappa shape index (κ3) is 4.30. The van der Waals surface area contributed by atoms with Gasteiger partial charge in [0, 0.05) is 23.4 Å². The fraction of sp³-hybridized carbons (Fsp3) is 0.0455. The summed E-state index contributed by atoms with van der Waals surface area (Å²) in [7, 11) is 0. The molecule has 1 heterocycles. The summed E-state index contributed by atoms with van der Waals surface area (Å²) in [5, 5.41) is 17.9. The topological polar surface area (TPSA) is 103 Å². The average Bonchev–Trinajstić information content (AvgIpc) is 3.20. The molecule has 0 unspecified atom stereocenters. The van der Waals surface area contributed by atoms with Crippen molar-refractivity contribution in [3.63, 3.8) is 0 Å². The van der Waals surface area contributed by atoms with E-state index in [0.717, 1.165) is 5.56 Å². The fourth-order valence-electron chi connectivity index (χ4n) is 2.94. The van der Waals surface area contributed by atoms with Gasteiger partial charge in [-0.25, -0.2) is 14.1 Å². The average molecular weight is 417 g/mol. The molecule has 0 bridgehead atoms. The smallest absolute Gasteiger partial charge is 0.295 e. The van der Waals surface area contributed by atoms with E-state index in [0.29, 0.717) is 17.1 Å². The Bertz CT molecular complexity index is 1200. The maximum atomic E-state index is 13.4. The van der Waals surface area contributed by atoms with Gasteiger partial charge < -0.3 is 5.32 Å². The van der Waals surface area contributed by atoms with E-state index in [4.69, 9.17) is 0 Å². The zero-order chi connectivity index (χ0) is 22.0. The van der Waals surface area contributed by atoms with Crippen molar-refractivity contribution < 1.29 is 14.1 Å². The summed E-state index contributed by atoms with van der Waals surface area (Å²) in [6.45, 7) is 1.95. The number of hydrogen-bond acceptors (Lipinski definition) is 5. The quantitative estimate of drug-likeness (QED) is 0.379. The molecular formula is C22H16FN5O3. The van der Waals surface area contributed by atoms with Gasteiger partial charge in [0.1, 0.15) is 5.82 Å². The van der Waals surface area contributed by atoms with Crippen molar-refractivity contribution in [1.82, 2.24) is 14.8 Å². The number of rotatable bonds is 5. The minimum atomic E-state index is -0.630. The number of anilines is 1. The molecule has 0 aliphatic carbocycles. The third-order valence-electron chi connectivity index (χ3n) is 4.51. The van der Waals surface area contributed by atoms with Gasteiger partial charge in [0.25, 0.3) is 11.6 Å². The van der Waals surface area contributed by atoms with Crippen LogP contribution in [0.1, 0.15) is 16.2 Å². The number of amides is 1. The fourth-order valence-corrected chi connectivity index (χ4v) is 2.94. The normalized spacial score (nSPS) is 10.6.